The molecule has 2 fully saturated rings. The molecule has 1 saturated carbocycles. The Morgan fingerprint density at radius 3 is 2.50 bits per heavy atom. The molecule has 6 nitrogen and oxygen atoms in total. The molecular formula is C22H28N4O2. The lowest BCUT2D eigenvalue weighted by molar-refractivity contribution is -0.128. The van der Waals surface area contributed by atoms with E-state index in [0.29, 0.717) is 24.0 Å². The Morgan fingerprint density at radius 2 is 1.75 bits per heavy atom. The smallest absolute Gasteiger partial charge is 0.255 e. The van der Waals surface area contributed by atoms with Crippen LogP contribution in [-0.2, 0) is 11.8 Å². The van der Waals surface area contributed by atoms with Crippen LogP contribution >= 0.6 is 0 Å². The summed E-state index contributed by atoms with van der Waals surface area (Å²) in [4.78, 5) is 36.5. The molecule has 1 aliphatic carbocycles. The molecule has 3 heterocycles. The van der Waals surface area contributed by atoms with Crippen LogP contribution in [0.25, 0.3) is 11.3 Å². The van der Waals surface area contributed by atoms with E-state index >= 15 is 0 Å². The molecule has 0 radical (unpaired) electrons. The van der Waals surface area contributed by atoms with E-state index < -0.39 is 0 Å². The molecule has 2 aliphatic rings. The van der Waals surface area contributed by atoms with Gasteiger partial charge in [0.1, 0.15) is 5.78 Å². The molecule has 0 N–H and O–H groups in total. The molecular weight excluding hydrogens is 352 g/mol. The normalized spacial score (nSPS) is 20.9. The molecule has 4 rings (SSSR count). The van der Waals surface area contributed by atoms with Gasteiger partial charge in [-0.15, -0.1) is 0 Å². The van der Waals surface area contributed by atoms with Crippen molar-refractivity contribution in [3.05, 3.63) is 40.9 Å². The van der Waals surface area contributed by atoms with Gasteiger partial charge in [-0.2, -0.15) is 0 Å². The molecule has 1 saturated heterocycles. The number of aromatic nitrogens is 3. The average Bonchev–Trinajstić information content (AvgIpc) is 2.76. The SMILES string of the molecule is Cn1c(N2CCCC(C(=O)C3CCCCC3)C2)nc(-c2ccncc2)cc1=O. The molecule has 0 aromatic carbocycles. The van der Waals surface area contributed by atoms with Crippen LogP contribution in [0.15, 0.2) is 35.4 Å². The third-order valence-electron chi connectivity index (χ3n) is 6.20. The largest absolute Gasteiger partial charge is 0.341 e. The van der Waals surface area contributed by atoms with Crippen molar-refractivity contribution in [1.82, 2.24) is 14.5 Å². The van der Waals surface area contributed by atoms with Crippen molar-refractivity contribution in [2.45, 2.75) is 44.9 Å². The zero-order valence-corrected chi connectivity index (χ0v) is 16.5. The monoisotopic (exact) mass is 380 g/mol. The summed E-state index contributed by atoms with van der Waals surface area (Å²) in [5.74, 6) is 1.37. The van der Waals surface area contributed by atoms with E-state index in [-0.39, 0.29) is 17.4 Å². The van der Waals surface area contributed by atoms with E-state index in [1.54, 1.807) is 30.1 Å². The number of carbonyl (C=O) groups is 1. The summed E-state index contributed by atoms with van der Waals surface area (Å²) in [5.41, 5.74) is 1.44. The van der Waals surface area contributed by atoms with Crippen LogP contribution in [0.5, 0.6) is 0 Å². The predicted octanol–water partition coefficient (Wildman–Crippen LogP) is 3.21. The van der Waals surface area contributed by atoms with Crippen LogP contribution in [0.1, 0.15) is 44.9 Å². The Balaban J connectivity index is 1.58. The number of hydrogen-bond donors (Lipinski definition) is 0. The van der Waals surface area contributed by atoms with Crippen LogP contribution in [0, 0.1) is 11.8 Å². The van der Waals surface area contributed by atoms with Gasteiger partial charge in [-0.3, -0.25) is 19.1 Å². The minimum atomic E-state index is -0.0856. The predicted molar refractivity (Wildman–Crippen MR) is 109 cm³/mol. The third-order valence-corrected chi connectivity index (χ3v) is 6.20. The van der Waals surface area contributed by atoms with Gasteiger partial charge in [0.2, 0.25) is 5.95 Å². The maximum atomic E-state index is 13.0. The second kappa shape index (κ2) is 8.25. The highest BCUT2D eigenvalue weighted by Gasteiger charge is 2.32. The van der Waals surface area contributed by atoms with Crippen molar-refractivity contribution in [3.8, 4) is 11.3 Å². The van der Waals surface area contributed by atoms with Crippen molar-refractivity contribution >= 4 is 11.7 Å². The van der Waals surface area contributed by atoms with Crippen molar-refractivity contribution in [1.29, 1.82) is 0 Å². The molecule has 0 amide bonds. The molecule has 148 valence electrons. The molecule has 1 aliphatic heterocycles. The van der Waals surface area contributed by atoms with Gasteiger partial charge in [-0.25, -0.2) is 4.98 Å². The van der Waals surface area contributed by atoms with E-state index in [9.17, 15) is 9.59 Å². The fraction of sp³-hybridized carbons (Fsp3) is 0.545. The zero-order chi connectivity index (χ0) is 19.5. The highest BCUT2D eigenvalue weighted by atomic mass is 16.1. The van der Waals surface area contributed by atoms with Gasteiger partial charge in [0.15, 0.2) is 0 Å². The van der Waals surface area contributed by atoms with Crippen molar-refractivity contribution in [2.24, 2.45) is 18.9 Å². The standard InChI is InChI=1S/C22H28N4O2/c1-25-20(27)14-19(16-9-11-23-12-10-16)24-22(25)26-13-5-8-18(15-26)21(28)17-6-3-2-4-7-17/h9-12,14,17-18H,2-8,13,15H2,1H3. The van der Waals surface area contributed by atoms with Crippen molar-refractivity contribution < 1.29 is 4.79 Å². The van der Waals surface area contributed by atoms with Crippen molar-refractivity contribution in [2.75, 3.05) is 18.0 Å². The summed E-state index contributed by atoms with van der Waals surface area (Å²) in [6.45, 7) is 1.49. The summed E-state index contributed by atoms with van der Waals surface area (Å²) in [6, 6.07) is 5.28. The topological polar surface area (TPSA) is 68.1 Å². The van der Waals surface area contributed by atoms with E-state index in [4.69, 9.17) is 4.98 Å². The lowest BCUT2D eigenvalue weighted by atomic mass is 9.79. The van der Waals surface area contributed by atoms with Crippen LogP contribution in [0.4, 0.5) is 5.95 Å². The van der Waals surface area contributed by atoms with Gasteiger partial charge in [0, 0.05) is 56.0 Å². The number of nitrogens with zero attached hydrogens (tertiary/aromatic N) is 4. The van der Waals surface area contributed by atoms with Gasteiger partial charge < -0.3 is 4.90 Å². The van der Waals surface area contributed by atoms with Crippen LogP contribution < -0.4 is 10.5 Å². The minimum Gasteiger partial charge on any atom is -0.341 e. The average molecular weight is 380 g/mol. The highest BCUT2D eigenvalue weighted by molar-refractivity contribution is 5.84. The third kappa shape index (κ3) is 3.86. The molecule has 1 atom stereocenters. The Bertz CT molecular complexity index is 887. The van der Waals surface area contributed by atoms with Crippen LogP contribution in [0.3, 0.4) is 0 Å². The molecule has 28 heavy (non-hydrogen) atoms. The zero-order valence-electron chi connectivity index (χ0n) is 16.5. The number of carbonyl (C=O) groups excluding carboxylic acids is 1. The molecule has 6 heteroatoms. The quantitative estimate of drug-likeness (QED) is 0.815. The Hall–Kier alpha value is -2.50. The number of Topliss-reactive ketones (excluding diaryl/α,β-unsaturated/α-hetero) is 1. The van der Waals surface area contributed by atoms with Gasteiger partial charge in [-0.05, 0) is 37.8 Å². The van der Waals surface area contributed by atoms with Crippen LogP contribution in [0.2, 0.25) is 0 Å². The summed E-state index contributed by atoms with van der Waals surface area (Å²) >= 11 is 0. The highest BCUT2D eigenvalue weighted by Crippen LogP contribution is 2.31. The molecule has 0 bridgehead atoms. The first-order valence-corrected chi connectivity index (χ1v) is 10.4. The maximum absolute atomic E-state index is 13.0. The number of anilines is 1. The number of pyridine rings is 1. The van der Waals surface area contributed by atoms with Crippen LogP contribution in [-0.4, -0.2) is 33.4 Å². The Kier molecular flexibility index (Phi) is 5.55. The summed E-state index contributed by atoms with van der Waals surface area (Å²) in [7, 11) is 1.76. The minimum absolute atomic E-state index is 0.0540. The number of piperidine rings is 1. The first kappa shape index (κ1) is 18.8. The fourth-order valence-electron chi connectivity index (χ4n) is 4.59. The van der Waals surface area contributed by atoms with Gasteiger partial charge >= 0.3 is 0 Å². The van der Waals surface area contributed by atoms with Gasteiger partial charge in [-0.1, -0.05) is 19.3 Å². The summed E-state index contributed by atoms with van der Waals surface area (Å²) in [6.07, 6.45) is 11.0. The first-order chi connectivity index (χ1) is 13.6. The summed E-state index contributed by atoms with van der Waals surface area (Å²) in [5, 5.41) is 0. The second-order valence-electron chi connectivity index (χ2n) is 8.10. The maximum Gasteiger partial charge on any atom is 0.255 e. The first-order valence-electron chi connectivity index (χ1n) is 10.4. The summed E-state index contributed by atoms with van der Waals surface area (Å²) < 4.78 is 1.60. The Labute approximate surface area is 165 Å². The van der Waals surface area contributed by atoms with Crippen molar-refractivity contribution in [3.63, 3.8) is 0 Å². The number of hydrogen-bond acceptors (Lipinski definition) is 5. The molecule has 2 aromatic rings. The number of rotatable bonds is 4. The fourth-order valence-corrected chi connectivity index (χ4v) is 4.59. The molecule has 1 unspecified atom stereocenters. The van der Waals surface area contributed by atoms with Gasteiger partial charge in [0.25, 0.3) is 5.56 Å². The Morgan fingerprint density at radius 1 is 1.04 bits per heavy atom. The van der Waals surface area contributed by atoms with E-state index in [2.05, 4.69) is 9.88 Å². The molecule has 0 spiro atoms. The van der Waals surface area contributed by atoms with E-state index in [1.165, 1.54) is 19.3 Å². The lowest BCUT2D eigenvalue weighted by Gasteiger charge is -2.35. The number of ketones is 1. The lowest BCUT2D eigenvalue weighted by Crippen LogP contribution is -2.43. The molecule has 2 aromatic heterocycles. The van der Waals surface area contributed by atoms with Gasteiger partial charge in [0.05, 0.1) is 5.69 Å². The second-order valence-corrected chi connectivity index (χ2v) is 8.10. The van der Waals surface area contributed by atoms with E-state index in [1.807, 2.05) is 12.1 Å². The van der Waals surface area contributed by atoms with E-state index in [0.717, 1.165) is 37.8 Å².